The Labute approximate surface area is 183 Å². The third kappa shape index (κ3) is 4.53. The third-order valence-electron chi connectivity index (χ3n) is 4.28. The summed E-state index contributed by atoms with van der Waals surface area (Å²) < 4.78 is 40.4. The van der Waals surface area contributed by atoms with Crippen molar-refractivity contribution in [2.75, 3.05) is 0 Å². The molecular weight excluding hydrogens is 453 g/mol. The van der Waals surface area contributed by atoms with Crippen LogP contribution < -0.4 is 0 Å². The smallest absolute Gasteiger partial charge is 0.304 e. The molecule has 0 saturated carbocycles. The summed E-state index contributed by atoms with van der Waals surface area (Å²) in [6.45, 7) is 0. The molecule has 10 heteroatoms. The number of aromatic nitrogens is 4. The Morgan fingerprint density at radius 3 is 2.60 bits per heavy atom. The van der Waals surface area contributed by atoms with Crippen LogP contribution in [0.5, 0.6) is 0 Å². The summed E-state index contributed by atoms with van der Waals surface area (Å²) in [6, 6.07) is 12.7. The minimum Gasteiger partial charge on any atom is -0.304 e. The normalized spacial score (nSPS) is 11.8. The first-order chi connectivity index (χ1) is 14.3. The number of hydrogen-bond donors (Lipinski definition) is 0. The van der Waals surface area contributed by atoms with E-state index in [4.69, 9.17) is 11.6 Å². The van der Waals surface area contributed by atoms with Crippen LogP contribution in [0.25, 0.3) is 22.1 Å². The monoisotopic (exact) mass is 466 g/mol. The highest BCUT2D eigenvalue weighted by molar-refractivity contribution is 7.98. The summed E-state index contributed by atoms with van der Waals surface area (Å²) >= 11 is 8.74. The summed E-state index contributed by atoms with van der Waals surface area (Å²) in [4.78, 5) is 4.63. The highest BCUT2D eigenvalue weighted by Crippen LogP contribution is 2.32. The zero-order valence-corrected chi connectivity index (χ0v) is 17.9. The van der Waals surface area contributed by atoms with E-state index >= 15 is 0 Å². The lowest BCUT2D eigenvalue weighted by Crippen LogP contribution is -2.05. The van der Waals surface area contributed by atoms with E-state index in [1.165, 1.54) is 29.2 Å². The summed E-state index contributed by atoms with van der Waals surface area (Å²) in [5, 5.41) is 12.4. The molecule has 4 nitrogen and oxygen atoms in total. The van der Waals surface area contributed by atoms with Crippen LogP contribution in [-0.2, 0) is 19.0 Å². The maximum atomic E-state index is 12.9. The van der Waals surface area contributed by atoms with E-state index in [0.29, 0.717) is 33.0 Å². The van der Waals surface area contributed by atoms with Crippen molar-refractivity contribution in [3.63, 3.8) is 0 Å². The lowest BCUT2D eigenvalue weighted by molar-refractivity contribution is -0.137. The minimum atomic E-state index is -4.36. The molecule has 0 fully saturated rings. The van der Waals surface area contributed by atoms with Crippen molar-refractivity contribution < 1.29 is 13.2 Å². The quantitative estimate of drug-likeness (QED) is 0.312. The predicted octanol–water partition coefficient (Wildman–Crippen LogP) is 6.57. The standard InChI is InChI=1S/C20H14ClF3N4S2/c1-28-17(16-11-29-18(25-16)13-5-7-15(21)8-6-13)26-27-19(28)30-10-12-3-2-4-14(9-12)20(22,23)24/h2-9,11H,10H2,1H3. The van der Waals surface area contributed by atoms with E-state index in [-0.39, 0.29) is 0 Å². The Bertz CT molecular complexity index is 1170. The van der Waals surface area contributed by atoms with Crippen LogP contribution in [0.3, 0.4) is 0 Å². The second-order valence-electron chi connectivity index (χ2n) is 6.40. The number of alkyl halides is 3. The average molecular weight is 467 g/mol. The molecule has 4 aromatic rings. The first-order valence-corrected chi connectivity index (χ1v) is 11.0. The first kappa shape index (κ1) is 20.9. The van der Waals surface area contributed by atoms with Gasteiger partial charge >= 0.3 is 6.18 Å². The zero-order chi connectivity index (χ0) is 21.3. The van der Waals surface area contributed by atoms with Crippen molar-refractivity contribution in [1.82, 2.24) is 19.7 Å². The molecule has 2 heterocycles. The van der Waals surface area contributed by atoms with Gasteiger partial charge in [-0.1, -0.05) is 53.7 Å². The number of benzene rings is 2. The molecule has 0 saturated heterocycles. The lowest BCUT2D eigenvalue weighted by Gasteiger charge is -2.08. The van der Waals surface area contributed by atoms with Crippen molar-refractivity contribution in [3.05, 3.63) is 70.1 Å². The van der Waals surface area contributed by atoms with Gasteiger partial charge in [0.1, 0.15) is 10.7 Å². The maximum absolute atomic E-state index is 12.9. The van der Waals surface area contributed by atoms with Crippen LogP contribution in [0.4, 0.5) is 13.2 Å². The molecule has 0 bridgehead atoms. The molecule has 0 aliphatic rings. The van der Waals surface area contributed by atoms with E-state index in [9.17, 15) is 13.2 Å². The number of rotatable bonds is 5. The average Bonchev–Trinajstić information content (AvgIpc) is 3.33. The molecule has 4 rings (SSSR count). The fourth-order valence-electron chi connectivity index (χ4n) is 2.75. The summed E-state index contributed by atoms with van der Waals surface area (Å²) in [7, 11) is 1.81. The summed E-state index contributed by atoms with van der Waals surface area (Å²) in [5.41, 5.74) is 1.55. The van der Waals surface area contributed by atoms with Crippen LogP contribution >= 0.6 is 34.7 Å². The topological polar surface area (TPSA) is 43.6 Å². The van der Waals surface area contributed by atoms with E-state index in [0.717, 1.165) is 22.7 Å². The van der Waals surface area contributed by atoms with Gasteiger partial charge in [-0.25, -0.2) is 4.98 Å². The van der Waals surface area contributed by atoms with Gasteiger partial charge in [-0.05, 0) is 23.8 Å². The second kappa shape index (κ2) is 8.41. The Morgan fingerprint density at radius 2 is 1.87 bits per heavy atom. The fraction of sp³-hybridized carbons (Fsp3) is 0.150. The first-order valence-electron chi connectivity index (χ1n) is 8.71. The van der Waals surface area contributed by atoms with Crippen molar-refractivity contribution in [2.45, 2.75) is 17.1 Å². The molecule has 0 amide bonds. The number of hydrogen-bond acceptors (Lipinski definition) is 5. The molecule has 154 valence electrons. The number of halogens is 4. The Kier molecular flexibility index (Phi) is 5.86. The molecule has 0 atom stereocenters. The van der Waals surface area contributed by atoms with Crippen LogP contribution in [0.1, 0.15) is 11.1 Å². The van der Waals surface area contributed by atoms with Gasteiger partial charge in [0.25, 0.3) is 0 Å². The van der Waals surface area contributed by atoms with Gasteiger partial charge in [0.05, 0.1) is 5.56 Å². The van der Waals surface area contributed by atoms with Crippen LogP contribution in [0, 0.1) is 0 Å². The van der Waals surface area contributed by atoms with E-state index in [1.54, 1.807) is 10.6 Å². The fourth-order valence-corrected chi connectivity index (χ4v) is 4.54. The number of thiazole rings is 1. The molecule has 0 N–H and O–H groups in total. The highest BCUT2D eigenvalue weighted by Gasteiger charge is 2.30. The molecule has 0 unspecified atom stereocenters. The number of thioether (sulfide) groups is 1. The van der Waals surface area contributed by atoms with Crippen LogP contribution in [0.15, 0.2) is 59.1 Å². The van der Waals surface area contributed by atoms with Gasteiger partial charge in [0, 0.05) is 28.8 Å². The molecule has 2 aromatic heterocycles. The van der Waals surface area contributed by atoms with Crippen molar-refractivity contribution >= 4 is 34.7 Å². The Balaban J connectivity index is 1.50. The zero-order valence-electron chi connectivity index (χ0n) is 15.5. The van der Waals surface area contributed by atoms with Gasteiger partial charge < -0.3 is 4.57 Å². The van der Waals surface area contributed by atoms with Crippen molar-refractivity contribution in [3.8, 4) is 22.1 Å². The molecule has 2 aromatic carbocycles. The molecule has 0 spiro atoms. The largest absolute Gasteiger partial charge is 0.416 e. The van der Waals surface area contributed by atoms with Crippen molar-refractivity contribution in [2.24, 2.45) is 7.05 Å². The predicted molar refractivity (Wildman–Crippen MR) is 114 cm³/mol. The second-order valence-corrected chi connectivity index (χ2v) is 8.63. The van der Waals surface area contributed by atoms with Gasteiger partial charge in [0.15, 0.2) is 11.0 Å². The van der Waals surface area contributed by atoms with Gasteiger partial charge in [0.2, 0.25) is 0 Å². The molecule has 0 aliphatic carbocycles. The van der Waals surface area contributed by atoms with E-state index in [2.05, 4.69) is 15.2 Å². The van der Waals surface area contributed by atoms with Crippen LogP contribution in [0.2, 0.25) is 5.02 Å². The Hall–Kier alpha value is -2.36. The van der Waals surface area contributed by atoms with Crippen LogP contribution in [-0.4, -0.2) is 19.7 Å². The Morgan fingerprint density at radius 1 is 1.10 bits per heavy atom. The molecule has 0 aliphatic heterocycles. The number of nitrogens with zero attached hydrogens (tertiary/aromatic N) is 4. The molecule has 0 radical (unpaired) electrons. The van der Waals surface area contributed by atoms with E-state index in [1.807, 2.05) is 36.7 Å². The molecule has 30 heavy (non-hydrogen) atoms. The third-order valence-corrected chi connectivity index (χ3v) is 6.52. The van der Waals surface area contributed by atoms with E-state index < -0.39 is 11.7 Å². The molecular formula is C20H14ClF3N4S2. The maximum Gasteiger partial charge on any atom is 0.416 e. The highest BCUT2D eigenvalue weighted by atomic mass is 35.5. The van der Waals surface area contributed by atoms with Crippen molar-refractivity contribution in [1.29, 1.82) is 0 Å². The summed E-state index contributed by atoms with van der Waals surface area (Å²) in [5.74, 6) is 0.946. The summed E-state index contributed by atoms with van der Waals surface area (Å²) in [6.07, 6.45) is -4.36. The van der Waals surface area contributed by atoms with Gasteiger partial charge in [-0.3, -0.25) is 0 Å². The lowest BCUT2D eigenvalue weighted by atomic mass is 10.1. The van der Waals surface area contributed by atoms with Gasteiger partial charge in [-0.15, -0.1) is 21.5 Å². The SMILES string of the molecule is Cn1c(SCc2cccc(C(F)(F)F)c2)nnc1-c1csc(-c2ccc(Cl)cc2)n1. The minimum absolute atomic E-state index is 0.350. The van der Waals surface area contributed by atoms with Gasteiger partial charge in [-0.2, -0.15) is 13.2 Å².